The quantitative estimate of drug-likeness (QED) is 0.821. The Hall–Kier alpha value is -0.880. The Kier molecular flexibility index (Phi) is 5.66. The van der Waals surface area contributed by atoms with E-state index in [1.807, 2.05) is 0 Å². The molecule has 0 aromatic heterocycles. The third-order valence-corrected chi connectivity index (χ3v) is 4.90. The van der Waals surface area contributed by atoms with E-state index in [9.17, 15) is 9.18 Å². The number of hydrogen-bond acceptors (Lipinski definition) is 3. The average molecular weight is 349 g/mol. The molecule has 3 N–H and O–H groups in total. The van der Waals surface area contributed by atoms with Gasteiger partial charge < -0.3 is 15.8 Å². The Bertz CT molecular complexity index is 563. The monoisotopic (exact) mass is 348 g/mol. The van der Waals surface area contributed by atoms with Crippen LogP contribution >= 0.6 is 23.2 Å². The van der Waals surface area contributed by atoms with E-state index in [1.54, 1.807) is 6.92 Å². The molecule has 1 aliphatic heterocycles. The largest absolute Gasteiger partial charge is 0.381 e. The standard InChI is InChI=1S/C15H19Cl2FN2O2/c1-9(12-10(16)2-3-11(18)13(12)17)20-14(21)15(8-19)4-6-22-7-5-15/h2-3,9H,4-8,19H2,1H3,(H,20,21). The normalized spacial score (nSPS) is 18.8. The lowest BCUT2D eigenvalue weighted by Gasteiger charge is -2.35. The van der Waals surface area contributed by atoms with Gasteiger partial charge >= 0.3 is 0 Å². The minimum Gasteiger partial charge on any atom is -0.381 e. The molecule has 1 aromatic carbocycles. The van der Waals surface area contributed by atoms with Crippen LogP contribution in [-0.4, -0.2) is 25.7 Å². The van der Waals surface area contributed by atoms with Gasteiger partial charge in [-0.15, -0.1) is 0 Å². The maximum Gasteiger partial charge on any atom is 0.228 e. The Morgan fingerprint density at radius 1 is 1.45 bits per heavy atom. The summed E-state index contributed by atoms with van der Waals surface area (Å²) >= 11 is 12.1. The zero-order valence-electron chi connectivity index (χ0n) is 12.3. The van der Waals surface area contributed by atoms with Gasteiger partial charge in [0.15, 0.2) is 0 Å². The molecule has 1 saturated heterocycles. The predicted octanol–water partition coefficient (Wildman–Crippen LogP) is 3.07. The lowest BCUT2D eigenvalue weighted by Crippen LogP contribution is -2.49. The summed E-state index contributed by atoms with van der Waals surface area (Å²) in [5.74, 6) is -0.746. The second kappa shape index (κ2) is 7.13. The highest BCUT2D eigenvalue weighted by atomic mass is 35.5. The minimum absolute atomic E-state index is 0.0749. The molecule has 1 atom stereocenters. The van der Waals surface area contributed by atoms with Gasteiger partial charge in [0.05, 0.1) is 16.5 Å². The van der Waals surface area contributed by atoms with Gasteiger partial charge in [0, 0.05) is 30.3 Å². The number of benzene rings is 1. The molecule has 122 valence electrons. The van der Waals surface area contributed by atoms with E-state index < -0.39 is 17.3 Å². The zero-order valence-corrected chi connectivity index (χ0v) is 13.8. The highest BCUT2D eigenvalue weighted by Gasteiger charge is 2.39. The van der Waals surface area contributed by atoms with E-state index in [0.29, 0.717) is 36.6 Å². The summed E-state index contributed by atoms with van der Waals surface area (Å²) in [5.41, 5.74) is 5.53. The van der Waals surface area contributed by atoms with Crippen LogP contribution in [0.1, 0.15) is 31.4 Å². The van der Waals surface area contributed by atoms with Crippen LogP contribution in [0.4, 0.5) is 4.39 Å². The van der Waals surface area contributed by atoms with Crippen LogP contribution in [0.3, 0.4) is 0 Å². The van der Waals surface area contributed by atoms with Crippen LogP contribution in [0.25, 0.3) is 0 Å². The molecule has 0 bridgehead atoms. The number of rotatable bonds is 4. The summed E-state index contributed by atoms with van der Waals surface area (Å²) in [4.78, 5) is 12.6. The van der Waals surface area contributed by atoms with Crippen molar-refractivity contribution in [2.45, 2.75) is 25.8 Å². The number of nitrogens with two attached hydrogens (primary N) is 1. The lowest BCUT2D eigenvalue weighted by molar-refractivity contribution is -0.136. The SMILES string of the molecule is CC(NC(=O)C1(CN)CCOCC1)c1c(Cl)ccc(F)c1Cl. The Balaban J connectivity index is 2.19. The molecule has 1 heterocycles. The van der Waals surface area contributed by atoms with Crippen LogP contribution in [0, 0.1) is 11.2 Å². The van der Waals surface area contributed by atoms with Crippen molar-refractivity contribution in [2.75, 3.05) is 19.8 Å². The van der Waals surface area contributed by atoms with Crippen LogP contribution < -0.4 is 11.1 Å². The van der Waals surface area contributed by atoms with Crippen molar-refractivity contribution in [2.24, 2.45) is 11.1 Å². The number of amides is 1. The Labute approximate surface area is 139 Å². The molecule has 0 saturated carbocycles. The number of ether oxygens (including phenoxy) is 1. The third-order valence-electron chi connectivity index (χ3n) is 4.18. The molecular formula is C15H19Cl2FN2O2. The smallest absolute Gasteiger partial charge is 0.228 e. The van der Waals surface area contributed by atoms with E-state index in [-0.39, 0.29) is 17.5 Å². The molecule has 1 unspecified atom stereocenters. The molecular weight excluding hydrogens is 330 g/mol. The van der Waals surface area contributed by atoms with Gasteiger partial charge in [0.1, 0.15) is 5.82 Å². The first-order valence-corrected chi connectivity index (χ1v) is 7.89. The molecule has 0 aliphatic carbocycles. The molecule has 0 spiro atoms. The molecule has 22 heavy (non-hydrogen) atoms. The number of carbonyl (C=O) groups is 1. The fraction of sp³-hybridized carbons (Fsp3) is 0.533. The molecule has 1 fully saturated rings. The summed E-state index contributed by atoms with van der Waals surface area (Å²) in [7, 11) is 0. The first-order valence-electron chi connectivity index (χ1n) is 7.13. The molecule has 1 amide bonds. The third kappa shape index (κ3) is 3.38. The van der Waals surface area contributed by atoms with E-state index in [4.69, 9.17) is 33.7 Å². The van der Waals surface area contributed by atoms with Crippen LogP contribution in [0.5, 0.6) is 0 Å². The summed E-state index contributed by atoms with van der Waals surface area (Å²) in [6, 6.07) is 2.10. The van der Waals surface area contributed by atoms with Gasteiger partial charge in [0.2, 0.25) is 5.91 Å². The molecule has 2 rings (SSSR count). The summed E-state index contributed by atoms with van der Waals surface area (Å²) < 4.78 is 18.9. The highest BCUT2D eigenvalue weighted by Crippen LogP contribution is 2.34. The average Bonchev–Trinajstić information content (AvgIpc) is 2.52. The zero-order chi connectivity index (χ0) is 16.3. The first kappa shape index (κ1) is 17.5. The first-order chi connectivity index (χ1) is 10.4. The van der Waals surface area contributed by atoms with Gasteiger partial charge in [-0.1, -0.05) is 23.2 Å². The molecule has 0 radical (unpaired) electrons. The minimum atomic E-state index is -0.654. The van der Waals surface area contributed by atoms with Gasteiger partial charge in [0.25, 0.3) is 0 Å². The number of nitrogens with one attached hydrogen (secondary N) is 1. The Morgan fingerprint density at radius 3 is 2.68 bits per heavy atom. The van der Waals surface area contributed by atoms with Crippen molar-refractivity contribution in [3.8, 4) is 0 Å². The maximum absolute atomic E-state index is 13.6. The van der Waals surface area contributed by atoms with Crippen LogP contribution in [-0.2, 0) is 9.53 Å². The van der Waals surface area contributed by atoms with Crippen molar-refractivity contribution in [3.63, 3.8) is 0 Å². The van der Waals surface area contributed by atoms with Gasteiger partial charge in [-0.2, -0.15) is 0 Å². The van der Waals surface area contributed by atoms with Gasteiger partial charge in [-0.3, -0.25) is 4.79 Å². The number of carbonyl (C=O) groups excluding carboxylic acids is 1. The predicted molar refractivity (Wildman–Crippen MR) is 84.5 cm³/mol. The molecule has 1 aromatic rings. The second-order valence-electron chi connectivity index (χ2n) is 5.55. The van der Waals surface area contributed by atoms with Crippen LogP contribution in [0.15, 0.2) is 12.1 Å². The fourth-order valence-corrected chi connectivity index (χ4v) is 3.35. The van der Waals surface area contributed by atoms with Crippen molar-refractivity contribution >= 4 is 29.1 Å². The van der Waals surface area contributed by atoms with Gasteiger partial charge in [-0.05, 0) is 31.9 Å². The van der Waals surface area contributed by atoms with Crippen LogP contribution in [0.2, 0.25) is 10.0 Å². The summed E-state index contributed by atoms with van der Waals surface area (Å²) in [6.45, 7) is 2.95. The highest BCUT2D eigenvalue weighted by molar-refractivity contribution is 6.36. The van der Waals surface area contributed by atoms with Gasteiger partial charge in [-0.25, -0.2) is 4.39 Å². The van der Waals surface area contributed by atoms with Crippen molar-refractivity contribution in [3.05, 3.63) is 33.6 Å². The van der Waals surface area contributed by atoms with Crippen molar-refractivity contribution in [1.29, 1.82) is 0 Å². The lowest BCUT2D eigenvalue weighted by atomic mass is 9.79. The molecule has 7 heteroatoms. The maximum atomic E-state index is 13.6. The van der Waals surface area contributed by atoms with Crippen molar-refractivity contribution in [1.82, 2.24) is 5.32 Å². The summed E-state index contributed by atoms with van der Waals surface area (Å²) in [5, 5.41) is 3.09. The van der Waals surface area contributed by atoms with E-state index in [1.165, 1.54) is 12.1 Å². The van der Waals surface area contributed by atoms with E-state index >= 15 is 0 Å². The number of halogens is 3. The molecule has 4 nitrogen and oxygen atoms in total. The molecule has 1 aliphatic rings. The second-order valence-corrected chi connectivity index (χ2v) is 6.33. The topological polar surface area (TPSA) is 64.4 Å². The van der Waals surface area contributed by atoms with Crippen molar-refractivity contribution < 1.29 is 13.9 Å². The Morgan fingerprint density at radius 2 is 2.09 bits per heavy atom. The van der Waals surface area contributed by atoms with E-state index in [2.05, 4.69) is 5.32 Å². The fourth-order valence-electron chi connectivity index (χ4n) is 2.65. The number of hydrogen-bond donors (Lipinski definition) is 2. The summed E-state index contributed by atoms with van der Waals surface area (Å²) in [6.07, 6.45) is 1.12. The van der Waals surface area contributed by atoms with E-state index in [0.717, 1.165) is 0 Å².